The van der Waals surface area contributed by atoms with E-state index in [1.165, 1.54) is 0 Å². The summed E-state index contributed by atoms with van der Waals surface area (Å²) in [4.78, 5) is 0. The average Bonchev–Trinajstić information content (AvgIpc) is 2.33. The van der Waals surface area contributed by atoms with Crippen LogP contribution in [0.3, 0.4) is 0 Å². The molecule has 0 radical (unpaired) electrons. The Bertz CT molecular complexity index is 205. The van der Waals surface area contributed by atoms with Crippen molar-refractivity contribution in [3.8, 4) is 5.88 Å². The zero-order chi connectivity index (χ0) is 6.69. The van der Waals surface area contributed by atoms with E-state index in [2.05, 4.69) is 16.8 Å². The molecule has 1 aromatic heterocycles. The van der Waals surface area contributed by atoms with Gasteiger partial charge in [-0.1, -0.05) is 12.7 Å². The molecule has 1 rings (SSSR count). The van der Waals surface area contributed by atoms with Gasteiger partial charge < -0.3 is 4.74 Å². The predicted molar refractivity (Wildman–Crippen MR) is 35.2 cm³/mol. The molecule has 3 heteroatoms. The van der Waals surface area contributed by atoms with Crippen molar-refractivity contribution in [1.29, 1.82) is 0 Å². The topological polar surface area (TPSA) is 37.9 Å². The fourth-order valence-corrected chi connectivity index (χ4v) is 0.593. The first-order valence-electron chi connectivity index (χ1n) is 2.58. The van der Waals surface area contributed by atoms with Crippen molar-refractivity contribution in [3.05, 3.63) is 18.3 Å². The molecular weight excluding hydrogens is 116 g/mol. The Morgan fingerprint density at radius 3 is 3.11 bits per heavy atom. The number of nitrogens with zero attached hydrogens (tertiary/aromatic N) is 1. The minimum Gasteiger partial charge on any atom is -0.481 e. The van der Waals surface area contributed by atoms with E-state index in [9.17, 15) is 0 Å². The molecule has 1 heterocycles. The Balaban J connectivity index is 2.98. The molecule has 0 saturated carbocycles. The summed E-state index contributed by atoms with van der Waals surface area (Å²) in [5, 5.41) is 6.41. The Morgan fingerprint density at radius 1 is 1.89 bits per heavy atom. The molecule has 0 aliphatic carbocycles. The highest BCUT2D eigenvalue weighted by Gasteiger charge is 1.97. The van der Waals surface area contributed by atoms with Crippen molar-refractivity contribution in [3.63, 3.8) is 0 Å². The summed E-state index contributed by atoms with van der Waals surface area (Å²) in [7, 11) is 1.58. The lowest BCUT2D eigenvalue weighted by Gasteiger charge is -1.92. The van der Waals surface area contributed by atoms with Gasteiger partial charge in [-0.25, -0.2) is 5.10 Å². The van der Waals surface area contributed by atoms with E-state index in [-0.39, 0.29) is 0 Å². The highest BCUT2D eigenvalue weighted by Crippen LogP contribution is 2.12. The van der Waals surface area contributed by atoms with Crippen LogP contribution in [0.2, 0.25) is 0 Å². The van der Waals surface area contributed by atoms with Crippen LogP contribution in [-0.2, 0) is 0 Å². The molecule has 0 spiro atoms. The Hall–Kier alpha value is -1.25. The maximum atomic E-state index is 4.89. The molecule has 9 heavy (non-hydrogen) atoms. The standard InChI is InChI=1S/C6H8N2O/c1-3-5-4-7-8-6(5)9-2/h3-4H,1H2,2H3,(H,7,8). The summed E-state index contributed by atoms with van der Waals surface area (Å²) >= 11 is 0. The molecule has 0 saturated heterocycles. The number of rotatable bonds is 2. The molecule has 48 valence electrons. The molecule has 3 nitrogen and oxygen atoms in total. The second kappa shape index (κ2) is 2.35. The SMILES string of the molecule is C=Cc1cn[nH]c1OC. The zero-order valence-corrected chi connectivity index (χ0v) is 5.22. The summed E-state index contributed by atoms with van der Waals surface area (Å²) < 4.78 is 4.89. The van der Waals surface area contributed by atoms with Gasteiger partial charge >= 0.3 is 0 Å². The Kier molecular flexibility index (Phi) is 1.53. The third-order valence-electron chi connectivity index (χ3n) is 1.06. The number of ether oxygens (including phenoxy) is 1. The molecule has 0 aliphatic heterocycles. The molecule has 1 aromatic rings. The maximum absolute atomic E-state index is 4.89. The number of H-pyrrole nitrogens is 1. The van der Waals surface area contributed by atoms with Crippen LogP contribution in [0.25, 0.3) is 6.08 Å². The zero-order valence-electron chi connectivity index (χ0n) is 5.22. The van der Waals surface area contributed by atoms with Crippen molar-refractivity contribution in [2.24, 2.45) is 0 Å². The monoisotopic (exact) mass is 124 g/mol. The van der Waals surface area contributed by atoms with E-state index in [4.69, 9.17) is 4.74 Å². The fraction of sp³-hybridized carbons (Fsp3) is 0.167. The van der Waals surface area contributed by atoms with Gasteiger partial charge in [0, 0.05) is 0 Å². The van der Waals surface area contributed by atoms with Crippen LogP contribution in [-0.4, -0.2) is 17.3 Å². The van der Waals surface area contributed by atoms with Gasteiger partial charge in [0.05, 0.1) is 18.9 Å². The summed E-state index contributed by atoms with van der Waals surface area (Å²) in [5.41, 5.74) is 0.887. The van der Waals surface area contributed by atoms with Crippen LogP contribution in [0.15, 0.2) is 12.8 Å². The molecule has 0 atom stereocenters. The average molecular weight is 124 g/mol. The molecule has 0 aromatic carbocycles. The van der Waals surface area contributed by atoms with Crippen LogP contribution in [0.4, 0.5) is 0 Å². The van der Waals surface area contributed by atoms with E-state index in [1.54, 1.807) is 19.4 Å². The van der Waals surface area contributed by atoms with Crippen molar-refractivity contribution in [2.75, 3.05) is 7.11 Å². The molecular formula is C6H8N2O. The van der Waals surface area contributed by atoms with Crippen LogP contribution in [0.5, 0.6) is 5.88 Å². The van der Waals surface area contributed by atoms with Crippen molar-refractivity contribution >= 4 is 6.08 Å². The summed E-state index contributed by atoms with van der Waals surface area (Å²) in [6, 6.07) is 0. The van der Waals surface area contributed by atoms with Gasteiger partial charge in [-0.15, -0.1) is 0 Å². The molecule has 0 bridgehead atoms. The van der Waals surface area contributed by atoms with Gasteiger partial charge in [0.2, 0.25) is 5.88 Å². The third kappa shape index (κ3) is 0.937. The molecule has 0 aliphatic rings. The predicted octanol–water partition coefficient (Wildman–Crippen LogP) is 1.06. The van der Waals surface area contributed by atoms with Gasteiger partial charge in [-0.2, -0.15) is 5.10 Å². The van der Waals surface area contributed by atoms with Crippen molar-refractivity contribution < 1.29 is 4.74 Å². The number of methoxy groups -OCH3 is 1. The van der Waals surface area contributed by atoms with E-state index in [0.29, 0.717) is 5.88 Å². The van der Waals surface area contributed by atoms with E-state index < -0.39 is 0 Å². The van der Waals surface area contributed by atoms with Gasteiger partial charge in [-0.3, -0.25) is 0 Å². The van der Waals surface area contributed by atoms with Crippen LogP contribution < -0.4 is 4.74 Å². The molecule has 0 unspecified atom stereocenters. The Labute approximate surface area is 53.3 Å². The fourth-order valence-electron chi connectivity index (χ4n) is 0.593. The lowest BCUT2D eigenvalue weighted by Crippen LogP contribution is -1.83. The van der Waals surface area contributed by atoms with Gasteiger partial charge in [0.25, 0.3) is 0 Å². The minimum absolute atomic E-state index is 0.657. The number of aromatic amines is 1. The second-order valence-corrected chi connectivity index (χ2v) is 1.56. The van der Waals surface area contributed by atoms with E-state index in [1.807, 2.05) is 0 Å². The number of hydrogen-bond acceptors (Lipinski definition) is 2. The molecule has 0 amide bonds. The van der Waals surface area contributed by atoms with Crippen LogP contribution in [0, 0.1) is 0 Å². The first kappa shape index (κ1) is 5.88. The lowest BCUT2D eigenvalue weighted by molar-refractivity contribution is 0.396. The van der Waals surface area contributed by atoms with Gasteiger partial charge in [0.15, 0.2) is 0 Å². The lowest BCUT2D eigenvalue weighted by atomic mass is 10.3. The van der Waals surface area contributed by atoms with Gasteiger partial charge in [0.1, 0.15) is 0 Å². The van der Waals surface area contributed by atoms with Crippen LogP contribution >= 0.6 is 0 Å². The maximum Gasteiger partial charge on any atom is 0.216 e. The van der Waals surface area contributed by atoms with Crippen LogP contribution in [0.1, 0.15) is 5.56 Å². The van der Waals surface area contributed by atoms with Gasteiger partial charge in [-0.05, 0) is 0 Å². The summed E-state index contributed by atoms with van der Waals surface area (Å²) in [5.74, 6) is 0.657. The van der Waals surface area contributed by atoms with Crippen molar-refractivity contribution in [1.82, 2.24) is 10.2 Å². The normalized spacial score (nSPS) is 9.00. The second-order valence-electron chi connectivity index (χ2n) is 1.56. The quantitative estimate of drug-likeness (QED) is 0.640. The molecule has 0 fully saturated rings. The number of hydrogen-bond donors (Lipinski definition) is 1. The first-order valence-corrected chi connectivity index (χ1v) is 2.58. The Morgan fingerprint density at radius 2 is 2.67 bits per heavy atom. The largest absolute Gasteiger partial charge is 0.481 e. The van der Waals surface area contributed by atoms with E-state index in [0.717, 1.165) is 5.56 Å². The smallest absolute Gasteiger partial charge is 0.216 e. The highest BCUT2D eigenvalue weighted by atomic mass is 16.5. The van der Waals surface area contributed by atoms with E-state index >= 15 is 0 Å². The van der Waals surface area contributed by atoms with Crippen molar-refractivity contribution in [2.45, 2.75) is 0 Å². The summed E-state index contributed by atoms with van der Waals surface area (Å²) in [6.45, 7) is 3.57. The first-order chi connectivity index (χ1) is 4.38. The molecule has 1 N–H and O–H groups in total. The minimum atomic E-state index is 0.657. The third-order valence-corrected chi connectivity index (χ3v) is 1.06. The number of aromatic nitrogens is 2. The summed E-state index contributed by atoms with van der Waals surface area (Å²) in [6.07, 6.45) is 3.34. The highest BCUT2D eigenvalue weighted by molar-refractivity contribution is 5.51. The number of nitrogens with one attached hydrogen (secondary N) is 1.